The maximum Gasteiger partial charge on any atom is 0.339 e. The van der Waals surface area contributed by atoms with E-state index < -0.39 is 5.97 Å². The summed E-state index contributed by atoms with van der Waals surface area (Å²) in [6.07, 6.45) is 3.48. The van der Waals surface area contributed by atoms with E-state index >= 15 is 0 Å². The fourth-order valence-corrected chi connectivity index (χ4v) is 2.56. The van der Waals surface area contributed by atoms with Crippen LogP contribution in [-0.4, -0.2) is 33.0 Å². The van der Waals surface area contributed by atoms with Crippen LogP contribution in [0.2, 0.25) is 0 Å². The third-order valence-electron chi connectivity index (χ3n) is 3.62. The van der Waals surface area contributed by atoms with E-state index in [-0.39, 0.29) is 18.1 Å². The second-order valence-corrected chi connectivity index (χ2v) is 5.13. The van der Waals surface area contributed by atoms with Gasteiger partial charge in [0.1, 0.15) is 11.3 Å². The molecule has 0 unspecified atom stereocenters. The number of nitrogens with zero attached hydrogens (tertiary/aromatic N) is 2. The lowest BCUT2D eigenvalue weighted by molar-refractivity contribution is -0.118. The third-order valence-corrected chi connectivity index (χ3v) is 3.62. The lowest BCUT2D eigenvalue weighted by atomic mass is 10.1. The van der Waals surface area contributed by atoms with E-state index in [0.717, 1.165) is 5.56 Å². The number of anilines is 1. The van der Waals surface area contributed by atoms with E-state index in [4.69, 9.17) is 4.74 Å². The van der Waals surface area contributed by atoms with Gasteiger partial charge in [0, 0.05) is 18.0 Å². The van der Waals surface area contributed by atoms with Gasteiger partial charge in [0.15, 0.2) is 12.3 Å². The molecule has 0 atom stereocenters. The van der Waals surface area contributed by atoms with E-state index in [1.807, 2.05) is 6.07 Å². The lowest BCUT2D eigenvalue weighted by Gasteiger charge is -2.18. The fourth-order valence-electron chi connectivity index (χ4n) is 2.56. The number of carbonyl (C=O) groups is 2. The average Bonchev–Trinajstić information content (AvgIpc) is 2.97. The number of nitrogens with one attached hydrogen (secondary N) is 1. The quantitative estimate of drug-likeness (QED) is 0.755. The molecule has 0 saturated heterocycles. The van der Waals surface area contributed by atoms with Crippen molar-refractivity contribution in [2.45, 2.75) is 0 Å². The second-order valence-electron chi connectivity index (χ2n) is 5.13. The number of benzene rings is 1. The smallest absolute Gasteiger partial charge is 0.339 e. The molecule has 2 aromatic heterocycles. The predicted octanol–water partition coefficient (Wildman–Crippen LogP) is 2.03. The number of aromatic carboxylic acids is 1. The van der Waals surface area contributed by atoms with E-state index in [1.165, 1.54) is 6.07 Å². The molecule has 3 heterocycles. The zero-order valence-corrected chi connectivity index (χ0v) is 11.8. The van der Waals surface area contributed by atoms with Gasteiger partial charge in [0.2, 0.25) is 0 Å². The van der Waals surface area contributed by atoms with Gasteiger partial charge in [-0.3, -0.25) is 4.79 Å². The highest BCUT2D eigenvalue weighted by Gasteiger charge is 2.18. The first kappa shape index (κ1) is 13.3. The summed E-state index contributed by atoms with van der Waals surface area (Å²) in [5.41, 5.74) is 2.45. The van der Waals surface area contributed by atoms with Crippen LogP contribution in [0.1, 0.15) is 10.4 Å². The highest BCUT2D eigenvalue weighted by Crippen LogP contribution is 2.32. The molecule has 1 aliphatic heterocycles. The highest BCUT2D eigenvalue weighted by atomic mass is 16.5. The van der Waals surface area contributed by atoms with Crippen LogP contribution in [-0.2, 0) is 4.79 Å². The molecule has 7 nitrogen and oxygen atoms in total. The number of hydrogen-bond donors (Lipinski definition) is 2. The summed E-state index contributed by atoms with van der Waals surface area (Å²) in [6.45, 7) is 0.00266. The van der Waals surface area contributed by atoms with Crippen molar-refractivity contribution in [3.63, 3.8) is 0 Å². The number of fused-ring (bicyclic) bond motifs is 2. The van der Waals surface area contributed by atoms with Crippen LogP contribution >= 0.6 is 0 Å². The Morgan fingerprint density at radius 1 is 1.35 bits per heavy atom. The molecule has 23 heavy (non-hydrogen) atoms. The van der Waals surface area contributed by atoms with Gasteiger partial charge in [-0.05, 0) is 30.3 Å². The zero-order valence-electron chi connectivity index (χ0n) is 11.8. The summed E-state index contributed by atoms with van der Waals surface area (Å²) in [5.74, 6) is -0.639. The summed E-state index contributed by atoms with van der Waals surface area (Å²) < 4.78 is 6.98. The van der Waals surface area contributed by atoms with Crippen LogP contribution in [0.25, 0.3) is 16.9 Å². The predicted molar refractivity (Wildman–Crippen MR) is 81.7 cm³/mol. The Morgan fingerprint density at radius 2 is 2.22 bits per heavy atom. The first-order valence-corrected chi connectivity index (χ1v) is 6.90. The number of carboxylic acid groups (broad SMARTS) is 1. The van der Waals surface area contributed by atoms with Crippen LogP contribution in [0.15, 0.2) is 42.7 Å². The number of carbonyl (C=O) groups excluding carboxylic acids is 1. The molecule has 4 rings (SSSR count). The minimum atomic E-state index is -1.03. The molecule has 0 bridgehead atoms. The maximum absolute atomic E-state index is 11.4. The molecule has 2 N–H and O–H groups in total. The van der Waals surface area contributed by atoms with Crippen LogP contribution in [0.4, 0.5) is 5.69 Å². The monoisotopic (exact) mass is 309 g/mol. The number of imidazole rings is 1. The number of ether oxygens (including phenoxy) is 1. The summed E-state index contributed by atoms with van der Waals surface area (Å²) in [7, 11) is 0. The Bertz CT molecular complexity index is 961. The molecule has 0 spiro atoms. The first-order valence-electron chi connectivity index (χ1n) is 6.90. The van der Waals surface area contributed by atoms with Gasteiger partial charge in [0.05, 0.1) is 11.4 Å². The molecule has 1 aliphatic rings. The van der Waals surface area contributed by atoms with E-state index in [1.54, 1.807) is 35.0 Å². The molecule has 7 heteroatoms. The van der Waals surface area contributed by atoms with Gasteiger partial charge >= 0.3 is 5.97 Å². The van der Waals surface area contributed by atoms with Crippen molar-refractivity contribution < 1.29 is 19.4 Å². The fraction of sp³-hybridized carbons (Fsp3) is 0.0625. The van der Waals surface area contributed by atoms with Gasteiger partial charge in [-0.25, -0.2) is 9.78 Å². The Hall–Kier alpha value is -3.35. The molecule has 0 fully saturated rings. The number of pyridine rings is 1. The standard InChI is InChI=1S/C16H11N3O4/c20-14-8-23-13-4-3-9(6-11(13)17-14)12-7-19-5-1-2-10(16(21)22)15(19)18-12/h1-7H,8H2,(H,17,20)(H,21,22). The van der Waals surface area contributed by atoms with Crippen molar-refractivity contribution in [2.75, 3.05) is 11.9 Å². The number of hydrogen-bond acceptors (Lipinski definition) is 4. The second kappa shape index (κ2) is 4.84. The maximum atomic E-state index is 11.4. The summed E-state index contributed by atoms with van der Waals surface area (Å²) in [4.78, 5) is 27.1. The average molecular weight is 309 g/mol. The normalized spacial score (nSPS) is 13.3. The highest BCUT2D eigenvalue weighted by molar-refractivity contribution is 5.97. The molecular weight excluding hydrogens is 298 g/mol. The Kier molecular flexibility index (Phi) is 2.80. The Labute approximate surface area is 130 Å². The first-order chi connectivity index (χ1) is 11.1. The van der Waals surface area contributed by atoms with Gasteiger partial charge < -0.3 is 19.6 Å². The molecule has 114 valence electrons. The van der Waals surface area contributed by atoms with Crippen molar-refractivity contribution in [1.29, 1.82) is 0 Å². The van der Waals surface area contributed by atoms with Crippen molar-refractivity contribution in [1.82, 2.24) is 9.38 Å². The van der Waals surface area contributed by atoms with Gasteiger partial charge in [-0.15, -0.1) is 0 Å². The number of rotatable bonds is 2. The molecule has 1 aromatic carbocycles. The molecule has 1 amide bonds. The van der Waals surface area contributed by atoms with Crippen molar-refractivity contribution in [3.05, 3.63) is 48.3 Å². The SMILES string of the molecule is O=C1COc2ccc(-c3cn4cccc(C(=O)O)c4n3)cc2N1. The minimum Gasteiger partial charge on any atom is -0.482 e. The zero-order chi connectivity index (χ0) is 16.0. The topological polar surface area (TPSA) is 92.9 Å². The molecular formula is C16H11N3O4. The molecule has 3 aromatic rings. The lowest BCUT2D eigenvalue weighted by Crippen LogP contribution is -2.25. The third kappa shape index (κ3) is 2.18. The van der Waals surface area contributed by atoms with Crippen molar-refractivity contribution in [3.8, 4) is 17.0 Å². The summed E-state index contributed by atoms with van der Waals surface area (Å²) in [5, 5.41) is 12.0. The molecule has 0 radical (unpaired) electrons. The van der Waals surface area contributed by atoms with Gasteiger partial charge in [-0.2, -0.15) is 0 Å². The summed E-state index contributed by atoms with van der Waals surface area (Å²) >= 11 is 0. The van der Waals surface area contributed by atoms with Crippen LogP contribution < -0.4 is 10.1 Å². The summed E-state index contributed by atoms with van der Waals surface area (Å²) in [6, 6.07) is 8.50. The van der Waals surface area contributed by atoms with Gasteiger partial charge in [0.25, 0.3) is 5.91 Å². The van der Waals surface area contributed by atoms with E-state index in [0.29, 0.717) is 22.8 Å². The molecule has 0 saturated carbocycles. The van der Waals surface area contributed by atoms with E-state index in [9.17, 15) is 14.7 Å². The van der Waals surface area contributed by atoms with E-state index in [2.05, 4.69) is 10.3 Å². The van der Waals surface area contributed by atoms with Gasteiger partial charge in [-0.1, -0.05) is 0 Å². The number of amides is 1. The largest absolute Gasteiger partial charge is 0.482 e. The van der Waals surface area contributed by atoms with Crippen molar-refractivity contribution in [2.24, 2.45) is 0 Å². The Balaban J connectivity index is 1.83. The number of carboxylic acids is 1. The van der Waals surface area contributed by atoms with Crippen LogP contribution in [0.3, 0.4) is 0 Å². The Morgan fingerprint density at radius 3 is 3.04 bits per heavy atom. The molecule has 0 aliphatic carbocycles. The van der Waals surface area contributed by atoms with Crippen LogP contribution in [0, 0.1) is 0 Å². The van der Waals surface area contributed by atoms with Crippen molar-refractivity contribution >= 4 is 23.2 Å². The minimum absolute atomic E-state index is 0.00266. The number of aromatic nitrogens is 2. The van der Waals surface area contributed by atoms with Crippen LogP contribution in [0.5, 0.6) is 5.75 Å².